The van der Waals surface area contributed by atoms with Crippen molar-refractivity contribution in [3.8, 4) is 0 Å². The minimum atomic E-state index is -0.253. The molecule has 0 unspecified atom stereocenters. The van der Waals surface area contributed by atoms with Crippen LogP contribution in [0.4, 0.5) is 0 Å². The first-order valence-electron chi connectivity index (χ1n) is 5.89. The summed E-state index contributed by atoms with van der Waals surface area (Å²) in [6.07, 6.45) is 4.84. The number of hydrogen-bond donors (Lipinski definition) is 2. The van der Waals surface area contributed by atoms with Crippen LogP contribution in [0.2, 0.25) is 5.15 Å². The Morgan fingerprint density at radius 3 is 2.95 bits per heavy atom. The molecule has 8 heteroatoms. The van der Waals surface area contributed by atoms with Gasteiger partial charge in [0.05, 0.1) is 5.69 Å². The Labute approximate surface area is 124 Å². The Bertz CT molecular complexity index is 662. The highest BCUT2D eigenvalue weighted by atomic mass is 35.5. The number of imidazole rings is 1. The Balaban J connectivity index is 1.92. The Morgan fingerprint density at radius 2 is 2.20 bits per heavy atom. The summed E-state index contributed by atoms with van der Waals surface area (Å²) >= 11 is 7.47. The summed E-state index contributed by atoms with van der Waals surface area (Å²) in [7, 11) is 0. The highest BCUT2D eigenvalue weighted by Gasteiger charge is 2.08. The monoisotopic (exact) mass is 312 g/mol. The number of hydrogen-bond acceptors (Lipinski definition) is 4. The summed E-state index contributed by atoms with van der Waals surface area (Å²) in [6.45, 7) is 2.20. The lowest BCUT2D eigenvalue weighted by Gasteiger charge is -2.02. The Hall–Kier alpha value is -1.86. The van der Waals surface area contributed by atoms with Gasteiger partial charge in [-0.3, -0.25) is 14.0 Å². The molecule has 0 spiro atoms. The normalized spacial score (nSPS) is 11.1. The van der Waals surface area contributed by atoms with E-state index >= 15 is 0 Å². The zero-order valence-electron chi connectivity index (χ0n) is 10.7. The average molecular weight is 313 g/mol. The van der Waals surface area contributed by atoms with E-state index in [1.165, 1.54) is 24.3 Å². The summed E-state index contributed by atoms with van der Waals surface area (Å²) in [5.74, 6) is -0.378. The maximum Gasteiger partial charge on any atom is 0.244 e. The SMILES string of the molecule is CC(=O)NCCNC(=O)/C=C/c1c(Cl)nc2sccn12. The van der Waals surface area contributed by atoms with Crippen molar-refractivity contribution in [3.05, 3.63) is 28.5 Å². The van der Waals surface area contributed by atoms with Crippen molar-refractivity contribution in [2.24, 2.45) is 0 Å². The van der Waals surface area contributed by atoms with Gasteiger partial charge in [0.25, 0.3) is 0 Å². The van der Waals surface area contributed by atoms with Crippen LogP contribution >= 0.6 is 22.9 Å². The van der Waals surface area contributed by atoms with Crippen LogP contribution in [0, 0.1) is 0 Å². The van der Waals surface area contributed by atoms with Crippen LogP contribution in [-0.4, -0.2) is 34.3 Å². The van der Waals surface area contributed by atoms with Crippen LogP contribution in [0.25, 0.3) is 11.0 Å². The van der Waals surface area contributed by atoms with E-state index < -0.39 is 0 Å². The van der Waals surface area contributed by atoms with Gasteiger partial charge in [0.15, 0.2) is 10.1 Å². The molecule has 0 atom stereocenters. The number of carbonyl (C=O) groups is 2. The molecule has 2 aromatic rings. The zero-order valence-corrected chi connectivity index (χ0v) is 12.3. The summed E-state index contributed by atoms with van der Waals surface area (Å²) in [4.78, 5) is 27.2. The van der Waals surface area contributed by atoms with E-state index in [1.54, 1.807) is 6.08 Å². The van der Waals surface area contributed by atoms with E-state index in [0.717, 1.165) is 4.96 Å². The quantitative estimate of drug-likeness (QED) is 0.646. The fourth-order valence-electron chi connectivity index (χ4n) is 1.56. The number of halogens is 1. The van der Waals surface area contributed by atoms with Crippen LogP contribution in [0.1, 0.15) is 12.6 Å². The largest absolute Gasteiger partial charge is 0.355 e. The molecule has 20 heavy (non-hydrogen) atoms. The first kappa shape index (κ1) is 14.5. The van der Waals surface area contributed by atoms with E-state index in [0.29, 0.717) is 23.9 Å². The highest BCUT2D eigenvalue weighted by molar-refractivity contribution is 7.15. The number of nitrogens with zero attached hydrogens (tertiary/aromatic N) is 2. The van der Waals surface area contributed by atoms with Gasteiger partial charge in [-0.15, -0.1) is 11.3 Å². The minimum absolute atomic E-state index is 0.124. The van der Waals surface area contributed by atoms with Gasteiger partial charge in [-0.2, -0.15) is 0 Å². The number of amides is 2. The van der Waals surface area contributed by atoms with E-state index in [4.69, 9.17) is 11.6 Å². The molecule has 0 aliphatic carbocycles. The predicted octanol–water partition coefficient (Wildman–Crippen LogP) is 1.31. The lowest BCUT2D eigenvalue weighted by molar-refractivity contribution is -0.119. The molecule has 6 nitrogen and oxygen atoms in total. The van der Waals surface area contributed by atoms with Gasteiger partial charge < -0.3 is 10.6 Å². The summed E-state index contributed by atoms with van der Waals surface area (Å²) in [6, 6.07) is 0. The molecule has 2 amide bonds. The molecule has 0 aromatic carbocycles. The highest BCUT2D eigenvalue weighted by Crippen LogP contribution is 2.22. The van der Waals surface area contributed by atoms with Crippen LogP contribution in [0.3, 0.4) is 0 Å². The minimum Gasteiger partial charge on any atom is -0.355 e. The van der Waals surface area contributed by atoms with Crippen LogP contribution < -0.4 is 10.6 Å². The molecule has 0 aliphatic rings. The van der Waals surface area contributed by atoms with E-state index in [-0.39, 0.29) is 11.8 Å². The third kappa shape index (κ3) is 3.58. The predicted molar refractivity (Wildman–Crippen MR) is 78.8 cm³/mol. The van der Waals surface area contributed by atoms with Gasteiger partial charge in [-0.25, -0.2) is 4.98 Å². The van der Waals surface area contributed by atoms with Crippen LogP contribution in [0.15, 0.2) is 17.7 Å². The van der Waals surface area contributed by atoms with Gasteiger partial charge in [0, 0.05) is 37.7 Å². The Morgan fingerprint density at radius 1 is 1.45 bits per heavy atom. The van der Waals surface area contributed by atoms with Crippen molar-refractivity contribution < 1.29 is 9.59 Å². The van der Waals surface area contributed by atoms with Crippen molar-refractivity contribution >= 4 is 45.8 Å². The molecule has 0 saturated carbocycles. The molecule has 0 fully saturated rings. The maximum absolute atomic E-state index is 11.6. The standard InChI is InChI=1S/C12H13ClN4O2S/c1-8(18)14-4-5-15-10(19)3-2-9-11(13)16-12-17(9)6-7-20-12/h2-3,6-7H,4-5H2,1H3,(H,14,18)(H,15,19)/b3-2+. The number of carbonyl (C=O) groups excluding carboxylic acids is 2. The number of rotatable bonds is 5. The second-order valence-electron chi connectivity index (χ2n) is 3.95. The van der Waals surface area contributed by atoms with Gasteiger partial charge in [-0.05, 0) is 6.08 Å². The Kier molecular flexibility index (Phi) is 4.75. The summed E-state index contributed by atoms with van der Waals surface area (Å²) < 4.78 is 1.81. The molecule has 2 aromatic heterocycles. The van der Waals surface area contributed by atoms with Crippen molar-refractivity contribution in [3.63, 3.8) is 0 Å². The molecule has 2 heterocycles. The van der Waals surface area contributed by atoms with Gasteiger partial charge in [0.1, 0.15) is 0 Å². The molecular formula is C12H13ClN4O2S. The maximum atomic E-state index is 11.6. The summed E-state index contributed by atoms with van der Waals surface area (Å²) in [5, 5.41) is 7.49. The van der Waals surface area contributed by atoms with Crippen LogP contribution in [-0.2, 0) is 9.59 Å². The van der Waals surface area contributed by atoms with E-state index in [1.807, 2.05) is 16.0 Å². The van der Waals surface area contributed by atoms with Gasteiger partial charge >= 0.3 is 0 Å². The van der Waals surface area contributed by atoms with Crippen molar-refractivity contribution in [2.75, 3.05) is 13.1 Å². The third-order valence-corrected chi connectivity index (χ3v) is 3.48. The summed E-state index contributed by atoms with van der Waals surface area (Å²) in [5.41, 5.74) is 0.667. The van der Waals surface area contributed by atoms with Crippen molar-refractivity contribution in [1.29, 1.82) is 0 Å². The number of thiazole rings is 1. The zero-order chi connectivity index (χ0) is 14.5. The molecule has 2 N–H and O–H groups in total. The van der Waals surface area contributed by atoms with Gasteiger partial charge in [-0.1, -0.05) is 11.6 Å². The third-order valence-electron chi connectivity index (χ3n) is 2.44. The topological polar surface area (TPSA) is 75.5 Å². The lowest BCUT2D eigenvalue weighted by atomic mass is 10.4. The average Bonchev–Trinajstić information content (AvgIpc) is 2.93. The number of aromatic nitrogens is 2. The van der Waals surface area contributed by atoms with E-state index in [9.17, 15) is 9.59 Å². The lowest BCUT2D eigenvalue weighted by Crippen LogP contribution is -2.32. The molecule has 0 radical (unpaired) electrons. The molecule has 106 valence electrons. The first-order valence-corrected chi connectivity index (χ1v) is 7.15. The smallest absolute Gasteiger partial charge is 0.244 e. The number of nitrogens with one attached hydrogen (secondary N) is 2. The fourth-order valence-corrected chi connectivity index (χ4v) is 2.57. The first-order chi connectivity index (χ1) is 9.58. The second-order valence-corrected chi connectivity index (χ2v) is 5.18. The molecule has 0 saturated heterocycles. The molecule has 0 aliphatic heterocycles. The van der Waals surface area contributed by atoms with Gasteiger partial charge in [0.2, 0.25) is 11.8 Å². The molecule has 0 bridgehead atoms. The molecular weight excluding hydrogens is 300 g/mol. The number of fused-ring (bicyclic) bond motifs is 1. The van der Waals surface area contributed by atoms with Crippen molar-refractivity contribution in [2.45, 2.75) is 6.92 Å². The molecule has 2 rings (SSSR count). The second kappa shape index (κ2) is 6.53. The van der Waals surface area contributed by atoms with Crippen LogP contribution in [0.5, 0.6) is 0 Å². The van der Waals surface area contributed by atoms with Crippen molar-refractivity contribution in [1.82, 2.24) is 20.0 Å². The fraction of sp³-hybridized carbons (Fsp3) is 0.250. The van der Waals surface area contributed by atoms with E-state index in [2.05, 4.69) is 15.6 Å².